The Bertz CT molecular complexity index is 1170. The second kappa shape index (κ2) is 9.51. The Balaban J connectivity index is 1.35. The minimum absolute atomic E-state index is 0.113. The first-order valence-corrected chi connectivity index (χ1v) is 9.41. The lowest BCUT2D eigenvalue weighted by Gasteiger charge is -2.08. The first-order valence-electron chi connectivity index (χ1n) is 9.41. The standard InChI is InChI=1S/C19H19N9O4/c1-30-14-7-15(31-2)27-19(26-14)21-5-6-28-9-12(8-24-28)25-18(29)16-17(32-11-23-16)13-3-4-20-10-22-13/h3-4,7-11H,5-6H2,1-2H3,(H,25,29)(H,21,26,27). The monoisotopic (exact) mass is 437 g/mol. The summed E-state index contributed by atoms with van der Waals surface area (Å²) in [4.78, 5) is 33.0. The smallest absolute Gasteiger partial charge is 0.278 e. The number of oxazole rings is 1. The van der Waals surface area contributed by atoms with Gasteiger partial charge in [-0.1, -0.05) is 0 Å². The number of hydrogen-bond donors (Lipinski definition) is 2. The zero-order chi connectivity index (χ0) is 22.3. The maximum atomic E-state index is 12.6. The summed E-state index contributed by atoms with van der Waals surface area (Å²) in [6.07, 6.45) is 7.34. The van der Waals surface area contributed by atoms with E-state index in [0.717, 1.165) is 0 Å². The third-order valence-corrected chi connectivity index (χ3v) is 4.21. The molecule has 164 valence electrons. The number of hydrogen-bond acceptors (Lipinski definition) is 11. The Morgan fingerprint density at radius 3 is 2.72 bits per heavy atom. The van der Waals surface area contributed by atoms with E-state index in [1.54, 1.807) is 29.2 Å². The molecule has 0 aliphatic heterocycles. The SMILES string of the molecule is COc1cc(OC)nc(NCCn2cc(NC(=O)c3ncoc3-c3ccncn3)cn2)n1. The number of anilines is 2. The molecule has 0 unspecified atom stereocenters. The summed E-state index contributed by atoms with van der Waals surface area (Å²) in [5, 5.41) is 10.1. The summed E-state index contributed by atoms with van der Waals surface area (Å²) >= 11 is 0. The number of ether oxygens (including phenoxy) is 2. The quantitative estimate of drug-likeness (QED) is 0.391. The largest absolute Gasteiger partial charge is 0.481 e. The van der Waals surface area contributed by atoms with Gasteiger partial charge in [0.25, 0.3) is 5.91 Å². The van der Waals surface area contributed by atoms with Crippen LogP contribution in [0.1, 0.15) is 10.5 Å². The molecule has 0 saturated heterocycles. The van der Waals surface area contributed by atoms with Crippen molar-refractivity contribution in [3.05, 3.63) is 49.1 Å². The van der Waals surface area contributed by atoms with E-state index in [2.05, 4.69) is 40.7 Å². The van der Waals surface area contributed by atoms with Crippen molar-refractivity contribution in [3.8, 4) is 23.2 Å². The molecule has 1 amide bonds. The molecule has 0 saturated carbocycles. The van der Waals surface area contributed by atoms with Gasteiger partial charge in [-0.25, -0.2) is 15.0 Å². The van der Waals surface area contributed by atoms with Crippen molar-refractivity contribution in [1.82, 2.24) is 34.7 Å². The summed E-state index contributed by atoms with van der Waals surface area (Å²) in [7, 11) is 3.03. The van der Waals surface area contributed by atoms with Crippen LogP contribution in [0.2, 0.25) is 0 Å². The second-order valence-electron chi connectivity index (χ2n) is 6.27. The number of carbonyl (C=O) groups is 1. The molecule has 2 N–H and O–H groups in total. The van der Waals surface area contributed by atoms with Crippen molar-refractivity contribution in [2.75, 3.05) is 31.4 Å². The van der Waals surface area contributed by atoms with Crippen molar-refractivity contribution in [2.24, 2.45) is 0 Å². The van der Waals surface area contributed by atoms with Crippen LogP contribution in [0.25, 0.3) is 11.5 Å². The van der Waals surface area contributed by atoms with Crippen LogP contribution in [0.3, 0.4) is 0 Å². The van der Waals surface area contributed by atoms with Crippen LogP contribution >= 0.6 is 0 Å². The molecule has 0 spiro atoms. The van der Waals surface area contributed by atoms with Gasteiger partial charge in [-0.05, 0) is 6.07 Å². The summed E-state index contributed by atoms with van der Waals surface area (Å²) in [6.45, 7) is 0.974. The Hall–Kier alpha value is -4.55. The number of methoxy groups -OCH3 is 2. The Labute approximate surface area is 181 Å². The molecule has 32 heavy (non-hydrogen) atoms. The van der Waals surface area contributed by atoms with Gasteiger partial charge in [-0.3, -0.25) is 9.48 Å². The van der Waals surface area contributed by atoms with E-state index in [-0.39, 0.29) is 11.5 Å². The maximum absolute atomic E-state index is 12.6. The number of amides is 1. The molecule has 4 aromatic rings. The molecule has 4 aromatic heterocycles. The highest BCUT2D eigenvalue weighted by molar-refractivity contribution is 6.06. The van der Waals surface area contributed by atoms with Gasteiger partial charge < -0.3 is 24.5 Å². The second-order valence-corrected chi connectivity index (χ2v) is 6.27. The summed E-state index contributed by atoms with van der Waals surface area (Å²) in [5.74, 6) is 0.956. The molecular formula is C19H19N9O4. The third kappa shape index (κ3) is 4.77. The van der Waals surface area contributed by atoms with Crippen molar-refractivity contribution in [1.29, 1.82) is 0 Å². The van der Waals surface area contributed by atoms with Crippen LogP contribution < -0.4 is 20.1 Å². The molecule has 0 fully saturated rings. The predicted octanol–water partition coefficient (Wildman–Crippen LogP) is 1.50. The van der Waals surface area contributed by atoms with E-state index >= 15 is 0 Å². The first kappa shape index (κ1) is 20.7. The van der Waals surface area contributed by atoms with Crippen molar-refractivity contribution in [3.63, 3.8) is 0 Å². The van der Waals surface area contributed by atoms with E-state index in [4.69, 9.17) is 13.9 Å². The molecule has 13 heteroatoms. The highest BCUT2D eigenvalue weighted by atomic mass is 16.5. The molecular weight excluding hydrogens is 418 g/mol. The average Bonchev–Trinajstić information content (AvgIpc) is 3.49. The molecule has 0 aliphatic rings. The van der Waals surface area contributed by atoms with E-state index in [1.807, 2.05) is 0 Å². The fraction of sp³-hybridized carbons (Fsp3) is 0.211. The zero-order valence-corrected chi connectivity index (χ0v) is 17.2. The van der Waals surface area contributed by atoms with Crippen LogP contribution in [-0.2, 0) is 6.54 Å². The van der Waals surface area contributed by atoms with Crippen LogP contribution in [0.4, 0.5) is 11.6 Å². The highest BCUT2D eigenvalue weighted by Gasteiger charge is 2.19. The Morgan fingerprint density at radius 1 is 1.19 bits per heavy atom. The number of nitrogens with one attached hydrogen (secondary N) is 2. The van der Waals surface area contributed by atoms with Gasteiger partial charge in [-0.15, -0.1) is 0 Å². The number of carbonyl (C=O) groups excluding carboxylic acids is 1. The maximum Gasteiger partial charge on any atom is 0.278 e. The van der Waals surface area contributed by atoms with E-state index in [0.29, 0.717) is 42.2 Å². The molecule has 0 aliphatic carbocycles. The van der Waals surface area contributed by atoms with Crippen molar-refractivity contribution < 1.29 is 18.7 Å². The summed E-state index contributed by atoms with van der Waals surface area (Å²) in [6, 6.07) is 3.21. The topological polar surface area (TPSA) is 155 Å². The van der Waals surface area contributed by atoms with Crippen molar-refractivity contribution >= 4 is 17.5 Å². The van der Waals surface area contributed by atoms with Gasteiger partial charge in [0.05, 0.1) is 38.7 Å². The van der Waals surface area contributed by atoms with Gasteiger partial charge in [0.15, 0.2) is 17.8 Å². The molecule has 4 rings (SSSR count). The minimum atomic E-state index is -0.443. The molecule has 0 aromatic carbocycles. The number of rotatable bonds is 9. The summed E-state index contributed by atoms with van der Waals surface area (Å²) < 4.78 is 17.2. The van der Waals surface area contributed by atoms with Gasteiger partial charge in [-0.2, -0.15) is 15.1 Å². The van der Waals surface area contributed by atoms with Crippen LogP contribution in [0.15, 0.2) is 47.9 Å². The Morgan fingerprint density at radius 2 is 2.00 bits per heavy atom. The normalized spacial score (nSPS) is 10.6. The molecule has 0 atom stereocenters. The lowest BCUT2D eigenvalue weighted by molar-refractivity contribution is 0.102. The van der Waals surface area contributed by atoms with Crippen LogP contribution in [-0.4, -0.2) is 61.4 Å². The lowest BCUT2D eigenvalue weighted by atomic mass is 10.2. The lowest BCUT2D eigenvalue weighted by Crippen LogP contribution is -2.14. The summed E-state index contributed by atoms with van der Waals surface area (Å²) in [5.41, 5.74) is 1.08. The van der Waals surface area contributed by atoms with E-state index in [1.165, 1.54) is 33.1 Å². The van der Waals surface area contributed by atoms with Gasteiger partial charge in [0.1, 0.15) is 12.0 Å². The predicted molar refractivity (Wildman–Crippen MR) is 111 cm³/mol. The van der Waals surface area contributed by atoms with Crippen LogP contribution in [0.5, 0.6) is 11.8 Å². The molecule has 0 bridgehead atoms. The number of nitrogens with zero attached hydrogens (tertiary/aromatic N) is 7. The highest BCUT2D eigenvalue weighted by Crippen LogP contribution is 2.21. The number of aromatic nitrogens is 7. The van der Waals surface area contributed by atoms with Gasteiger partial charge in [0, 0.05) is 18.9 Å². The minimum Gasteiger partial charge on any atom is -0.481 e. The van der Waals surface area contributed by atoms with Gasteiger partial charge in [0.2, 0.25) is 17.7 Å². The van der Waals surface area contributed by atoms with E-state index < -0.39 is 5.91 Å². The van der Waals surface area contributed by atoms with Gasteiger partial charge >= 0.3 is 0 Å². The van der Waals surface area contributed by atoms with Crippen LogP contribution in [0, 0.1) is 0 Å². The zero-order valence-electron chi connectivity index (χ0n) is 17.2. The molecule has 13 nitrogen and oxygen atoms in total. The average molecular weight is 437 g/mol. The molecule has 0 radical (unpaired) electrons. The Kier molecular flexibility index (Phi) is 6.15. The third-order valence-electron chi connectivity index (χ3n) is 4.21. The fourth-order valence-corrected chi connectivity index (χ4v) is 2.73. The fourth-order valence-electron chi connectivity index (χ4n) is 2.73. The molecule has 4 heterocycles. The van der Waals surface area contributed by atoms with E-state index in [9.17, 15) is 4.79 Å². The first-order chi connectivity index (χ1) is 15.7. The van der Waals surface area contributed by atoms with Crippen molar-refractivity contribution in [2.45, 2.75) is 6.54 Å².